The van der Waals surface area contributed by atoms with Crippen LogP contribution in [-0.4, -0.2) is 36.1 Å². The molecule has 0 radical (unpaired) electrons. The van der Waals surface area contributed by atoms with Crippen LogP contribution in [-0.2, 0) is 13.6 Å². The molecule has 22 heavy (non-hydrogen) atoms. The van der Waals surface area contributed by atoms with Crippen LogP contribution in [0.25, 0.3) is 0 Å². The van der Waals surface area contributed by atoms with Crippen molar-refractivity contribution in [1.29, 1.82) is 0 Å². The largest absolute Gasteiger partial charge is 0.497 e. The van der Waals surface area contributed by atoms with Crippen molar-refractivity contribution in [3.05, 3.63) is 42.2 Å². The predicted molar refractivity (Wildman–Crippen MR) is 81.9 cm³/mol. The summed E-state index contributed by atoms with van der Waals surface area (Å²) < 4.78 is 12.3. The first-order valence-electron chi connectivity index (χ1n) is 6.94. The number of aromatic nitrogens is 2. The highest BCUT2D eigenvalue weighted by molar-refractivity contribution is 5.73. The maximum atomic E-state index is 11.6. The summed E-state index contributed by atoms with van der Waals surface area (Å²) in [5.74, 6) is 1.51. The van der Waals surface area contributed by atoms with Gasteiger partial charge in [0.25, 0.3) is 0 Å². The first-order valence-corrected chi connectivity index (χ1v) is 6.94. The van der Waals surface area contributed by atoms with E-state index in [4.69, 9.17) is 9.47 Å². The van der Waals surface area contributed by atoms with Gasteiger partial charge in [0.1, 0.15) is 18.1 Å². The van der Waals surface area contributed by atoms with E-state index in [0.717, 1.165) is 17.2 Å². The minimum Gasteiger partial charge on any atom is -0.497 e. The second-order valence-corrected chi connectivity index (χ2v) is 4.58. The summed E-state index contributed by atoms with van der Waals surface area (Å²) in [4.78, 5) is 11.6. The van der Waals surface area contributed by atoms with Crippen LogP contribution >= 0.6 is 0 Å². The number of urea groups is 1. The van der Waals surface area contributed by atoms with E-state index < -0.39 is 0 Å². The fraction of sp³-hybridized carbons (Fsp3) is 0.333. The molecule has 2 rings (SSSR count). The fourth-order valence-corrected chi connectivity index (χ4v) is 1.81. The highest BCUT2D eigenvalue weighted by Gasteiger charge is 2.02. The first-order chi connectivity index (χ1) is 10.7. The Balaban J connectivity index is 1.61. The van der Waals surface area contributed by atoms with E-state index in [0.29, 0.717) is 19.7 Å². The Morgan fingerprint density at radius 3 is 2.55 bits per heavy atom. The maximum absolute atomic E-state index is 11.6. The zero-order valence-corrected chi connectivity index (χ0v) is 12.7. The lowest BCUT2D eigenvalue weighted by atomic mass is 10.3. The molecule has 2 amide bonds. The third kappa shape index (κ3) is 4.69. The van der Waals surface area contributed by atoms with Crippen LogP contribution in [0.15, 0.2) is 36.5 Å². The van der Waals surface area contributed by atoms with Gasteiger partial charge in [-0.15, -0.1) is 0 Å². The van der Waals surface area contributed by atoms with Crippen molar-refractivity contribution in [2.45, 2.75) is 6.54 Å². The van der Waals surface area contributed by atoms with Gasteiger partial charge in [-0.3, -0.25) is 4.68 Å². The van der Waals surface area contributed by atoms with Gasteiger partial charge in [0.05, 0.1) is 25.9 Å². The first kappa shape index (κ1) is 15.7. The van der Waals surface area contributed by atoms with Crippen molar-refractivity contribution in [2.24, 2.45) is 7.05 Å². The van der Waals surface area contributed by atoms with E-state index >= 15 is 0 Å². The molecule has 1 aromatic heterocycles. The van der Waals surface area contributed by atoms with Crippen molar-refractivity contribution in [1.82, 2.24) is 20.4 Å². The van der Waals surface area contributed by atoms with Gasteiger partial charge in [0.2, 0.25) is 0 Å². The van der Waals surface area contributed by atoms with Crippen LogP contribution in [0.5, 0.6) is 11.5 Å². The Morgan fingerprint density at radius 2 is 1.91 bits per heavy atom. The molecule has 7 nitrogen and oxygen atoms in total. The number of nitrogens with one attached hydrogen (secondary N) is 2. The summed E-state index contributed by atoms with van der Waals surface area (Å²) in [6, 6.07) is 8.90. The number of amides is 2. The lowest BCUT2D eigenvalue weighted by Gasteiger charge is -2.09. The summed E-state index contributed by atoms with van der Waals surface area (Å²) >= 11 is 0. The summed E-state index contributed by atoms with van der Waals surface area (Å²) in [7, 11) is 3.45. The van der Waals surface area contributed by atoms with Crippen molar-refractivity contribution in [3.63, 3.8) is 0 Å². The molecular formula is C15H20N4O3. The Hall–Kier alpha value is -2.70. The lowest BCUT2D eigenvalue weighted by molar-refractivity contribution is 0.236. The van der Waals surface area contributed by atoms with Crippen LogP contribution in [0.3, 0.4) is 0 Å². The van der Waals surface area contributed by atoms with Crippen molar-refractivity contribution in [3.8, 4) is 11.5 Å². The van der Waals surface area contributed by atoms with E-state index in [1.807, 2.05) is 37.4 Å². The van der Waals surface area contributed by atoms with Gasteiger partial charge in [-0.2, -0.15) is 5.10 Å². The Morgan fingerprint density at radius 1 is 1.18 bits per heavy atom. The number of carbonyl (C=O) groups is 1. The number of benzene rings is 1. The second kappa shape index (κ2) is 7.92. The van der Waals surface area contributed by atoms with Crippen LogP contribution in [0, 0.1) is 0 Å². The molecular weight excluding hydrogens is 284 g/mol. The Kier molecular flexibility index (Phi) is 5.65. The minimum absolute atomic E-state index is 0.237. The van der Waals surface area contributed by atoms with Crippen molar-refractivity contribution in [2.75, 3.05) is 20.3 Å². The van der Waals surface area contributed by atoms with E-state index in [9.17, 15) is 4.79 Å². The molecule has 2 aromatic rings. The van der Waals surface area contributed by atoms with E-state index in [2.05, 4.69) is 15.7 Å². The standard InChI is InChI=1S/C15H20N4O3/c1-19-12(7-8-18-19)11-17-15(20)16-9-10-22-14-5-3-13(21-2)4-6-14/h3-8H,9-11H2,1-2H3,(H2,16,17,20). The topological polar surface area (TPSA) is 77.4 Å². The van der Waals surface area contributed by atoms with Crippen molar-refractivity contribution < 1.29 is 14.3 Å². The number of carbonyl (C=O) groups excluding carboxylic acids is 1. The number of methoxy groups -OCH3 is 1. The Bertz CT molecular complexity index is 595. The quantitative estimate of drug-likeness (QED) is 0.756. The summed E-state index contributed by atoms with van der Waals surface area (Å²) in [6.45, 7) is 1.25. The second-order valence-electron chi connectivity index (χ2n) is 4.58. The molecule has 2 N–H and O–H groups in total. The normalized spacial score (nSPS) is 10.1. The number of rotatable bonds is 7. The summed E-state index contributed by atoms with van der Waals surface area (Å²) in [6.07, 6.45) is 1.69. The SMILES string of the molecule is COc1ccc(OCCNC(=O)NCc2ccnn2C)cc1. The number of aryl methyl sites for hydroxylation is 1. The minimum atomic E-state index is -0.237. The molecule has 0 unspecified atom stereocenters. The molecule has 1 aromatic carbocycles. The van der Waals surface area contributed by atoms with Crippen molar-refractivity contribution >= 4 is 6.03 Å². The van der Waals surface area contributed by atoms with E-state index in [1.54, 1.807) is 18.0 Å². The number of hydrogen-bond acceptors (Lipinski definition) is 4. The highest BCUT2D eigenvalue weighted by Crippen LogP contribution is 2.16. The molecule has 0 atom stereocenters. The Labute approximate surface area is 129 Å². The van der Waals surface area contributed by atoms with Crippen LogP contribution in [0.1, 0.15) is 5.69 Å². The molecule has 0 fully saturated rings. The molecule has 7 heteroatoms. The molecule has 0 bridgehead atoms. The molecule has 0 saturated carbocycles. The smallest absolute Gasteiger partial charge is 0.315 e. The molecule has 0 aliphatic heterocycles. The van der Waals surface area contributed by atoms with Gasteiger partial charge in [-0.25, -0.2) is 4.79 Å². The van der Waals surface area contributed by atoms with Gasteiger partial charge >= 0.3 is 6.03 Å². The molecule has 0 aliphatic rings. The van der Waals surface area contributed by atoms with Gasteiger partial charge in [-0.05, 0) is 30.3 Å². The van der Waals surface area contributed by atoms with Gasteiger partial charge in [0.15, 0.2) is 0 Å². The number of nitrogens with zero attached hydrogens (tertiary/aromatic N) is 2. The van der Waals surface area contributed by atoms with E-state index in [1.165, 1.54) is 0 Å². The van der Waals surface area contributed by atoms with Gasteiger partial charge in [0, 0.05) is 13.2 Å². The highest BCUT2D eigenvalue weighted by atomic mass is 16.5. The van der Waals surface area contributed by atoms with Gasteiger partial charge < -0.3 is 20.1 Å². The molecule has 0 spiro atoms. The lowest BCUT2D eigenvalue weighted by Crippen LogP contribution is -2.37. The van der Waals surface area contributed by atoms with Crippen LogP contribution < -0.4 is 20.1 Å². The zero-order valence-electron chi connectivity index (χ0n) is 12.7. The third-order valence-electron chi connectivity index (χ3n) is 3.07. The third-order valence-corrected chi connectivity index (χ3v) is 3.07. The van der Waals surface area contributed by atoms with Crippen LogP contribution in [0.4, 0.5) is 4.79 Å². The monoisotopic (exact) mass is 304 g/mol. The maximum Gasteiger partial charge on any atom is 0.315 e. The molecule has 0 aliphatic carbocycles. The zero-order chi connectivity index (χ0) is 15.8. The average molecular weight is 304 g/mol. The molecule has 1 heterocycles. The van der Waals surface area contributed by atoms with E-state index in [-0.39, 0.29) is 6.03 Å². The van der Waals surface area contributed by atoms with Gasteiger partial charge in [-0.1, -0.05) is 0 Å². The molecule has 0 saturated heterocycles. The fourth-order valence-electron chi connectivity index (χ4n) is 1.81. The average Bonchev–Trinajstić information content (AvgIpc) is 2.95. The molecule has 118 valence electrons. The van der Waals surface area contributed by atoms with Crippen LogP contribution in [0.2, 0.25) is 0 Å². The number of hydrogen-bond donors (Lipinski definition) is 2. The summed E-state index contributed by atoms with van der Waals surface area (Å²) in [5.41, 5.74) is 0.935. The predicted octanol–water partition coefficient (Wildman–Crippen LogP) is 1.31. The number of ether oxygens (including phenoxy) is 2. The summed E-state index contributed by atoms with van der Waals surface area (Å²) in [5, 5.41) is 9.52.